The summed E-state index contributed by atoms with van der Waals surface area (Å²) >= 11 is 6.07. The molecule has 7 nitrogen and oxygen atoms in total. The van der Waals surface area contributed by atoms with Gasteiger partial charge in [0.2, 0.25) is 5.91 Å². The van der Waals surface area contributed by atoms with E-state index >= 15 is 0 Å². The van der Waals surface area contributed by atoms with Gasteiger partial charge in [-0.1, -0.05) is 51.4 Å². The van der Waals surface area contributed by atoms with Crippen molar-refractivity contribution < 1.29 is 14.0 Å². The van der Waals surface area contributed by atoms with Crippen LogP contribution in [0.3, 0.4) is 0 Å². The molecule has 1 saturated heterocycles. The zero-order valence-electron chi connectivity index (χ0n) is 22.9. The normalized spacial score (nSPS) is 16.0. The van der Waals surface area contributed by atoms with E-state index in [1.54, 1.807) is 18.2 Å². The first-order chi connectivity index (χ1) is 18.1. The van der Waals surface area contributed by atoms with E-state index in [0.717, 1.165) is 31.4 Å². The van der Waals surface area contributed by atoms with Gasteiger partial charge >= 0.3 is 0 Å². The number of nitrogens with zero attached hydrogens (tertiary/aromatic N) is 3. The number of aromatic nitrogens is 1. The number of amides is 2. The average Bonchev–Trinajstić information content (AvgIpc) is 3.28. The Morgan fingerprint density at radius 1 is 1.21 bits per heavy atom. The Morgan fingerprint density at radius 3 is 2.76 bits per heavy atom. The Morgan fingerprint density at radius 2 is 2.03 bits per heavy atom. The number of nitrogens with one attached hydrogen (secondary N) is 1. The van der Waals surface area contributed by atoms with Gasteiger partial charge < -0.3 is 19.5 Å². The SMILES string of the molecule is CCCN(CC1CCCN(C(=O)CC(C)(C)C)C1)C(=O)c1ccc2oc(NCc3cccc(Cl)c3)nc2c1. The van der Waals surface area contributed by atoms with E-state index in [0.29, 0.717) is 60.3 Å². The Bertz CT molecular complexity index is 1270. The van der Waals surface area contributed by atoms with Crippen LogP contribution in [0, 0.1) is 11.3 Å². The number of anilines is 1. The number of rotatable bonds is 9. The standard InChI is InChI=1S/C30H39ClN4O3/c1-5-13-35(20-22-9-7-14-34(19-22)27(36)17-30(2,3)4)28(37)23-11-12-26-25(16-23)33-29(38-26)32-18-21-8-6-10-24(31)15-21/h6,8,10-12,15-16,22H,5,7,9,13-14,17-20H2,1-4H3,(H,32,33). The monoisotopic (exact) mass is 538 g/mol. The van der Waals surface area contributed by atoms with Crippen LogP contribution in [0.2, 0.25) is 5.02 Å². The predicted molar refractivity (Wildman–Crippen MR) is 152 cm³/mol. The molecule has 38 heavy (non-hydrogen) atoms. The fraction of sp³-hybridized carbons (Fsp3) is 0.500. The summed E-state index contributed by atoms with van der Waals surface area (Å²) in [5, 5.41) is 3.87. The van der Waals surface area contributed by atoms with Crippen molar-refractivity contribution in [3.8, 4) is 0 Å². The van der Waals surface area contributed by atoms with Crippen LogP contribution in [0.5, 0.6) is 0 Å². The first-order valence-corrected chi connectivity index (χ1v) is 13.9. The Kier molecular flexibility index (Phi) is 8.98. The minimum atomic E-state index is -0.0291. The number of hydrogen-bond donors (Lipinski definition) is 1. The van der Waals surface area contributed by atoms with Gasteiger partial charge in [0.15, 0.2) is 5.58 Å². The molecule has 1 aliphatic heterocycles. The van der Waals surface area contributed by atoms with Crippen molar-refractivity contribution >= 4 is 40.5 Å². The smallest absolute Gasteiger partial charge is 0.295 e. The van der Waals surface area contributed by atoms with Crippen LogP contribution >= 0.6 is 11.6 Å². The molecular formula is C30H39ClN4O3. The van der Waals surface area contributed by atoms with Crippen molar-refractivity contribution in [2.75, 3.05) is 31.5 Å². The number of halogens is 1. The molecule has 0 radical (unpaired) electrons. The fourth-order valence-corrected chi connectivity index (χ4v) is 5.22. The number of carbonyl (C=O) groups excluding carboxylic acids is 2. The highest BCUT2D eigenvalue weighted by Gasteiger charge is 2.29. The molecule has 0 saturated carbocycles. The van der Waals surface area contributed by atoms with E-state index in [4.69, 9.17) is 16.0 Å². The van der Waals surface area contributed by atoms with Crippen LogP contribution in [0.15, 0.2) is 46.9 Å². The quantitative estimate of drug-likeness (QED) is 0.331. The minimum Gasteiger partial charge on any atom is -0.424 e. The van der Waals surface area contributed by atoms with Crippen molar-refractivity contribution in [2.24, 2.45) is 11.3 Å². The second kappa shape index (κ2) is 12.2. The maximum atomic E-state index is 13.6. The maximum Gasteiger partial charge on any atom is 0.295 e. The Labute approximate surface area is 230 Å². The van der Waals surface area contributed by atoms with Gasteiger partial charge in [-0.15, -0.1) is 0 Å². The van der Waals surface area contributed by atoms with Gasteiger partial charge in [0.1, 0.15) is 5.52 Å². The minimum absolute atomic E-state index is 0.0108. The lowest BCUT2D eigenvalue weighted by Gasteiger charge is -2.37. The topological polar surface area (TPSA) is 78.7 Å². The number of piperidine rings is 1. The molecule has 0 aliphatic carbocycles. The molecule has 1 atom stereocenters. The van der Waals surface area contributed by atoms with E-state index in [1.165, 1.54) is 0 Å². The number of oxazole rings is 1. The van der Waals surface area contributed by atoms with Crippen molar-refractivity contribution in [1.82, 2.24) is 14.8 Å². The summed E-state index contributed by atoms with van der Waals surface area (Å²) in [6.07, 6.45) is 3.42. The molecule has 3 aromatic rings. The lowest BCUT2D eigenvalue weighted by molar-refractivity contribution is -0.135. The van der Waals surface area contributed by atoms with Gasteiger partial charge in [0.05, 0.1) is 0 Å². The molecule has 2 heterocycles. The molecule has 2 amide bonds. The van der Waals surface area contributed by atoms with E-state index < -0.39 is 0 Å². The molecule has 1 aliphatic rings. The molecule has 1 unspecified atom stereocenters. The number of carbonyl (C=O) groups is 2. The Balaban J connectivity index is 1.42. The second-order valence-corrected chi connectivity index (χ2v) is 12.0. The number of fused-ring (bicyclic) bond motifs is 1. The third-order valence-electron chi connectivity index (χ3n) is 6.78. The molecular weight excluding hydrogens is 500 g/mol. The van der Waals surface area contributed by atoms with Crippen molar-refractivity contribution in [3.63, 3.8) is 0 Å². The van der Waals surface area contributed by atoms with Crippen LogP contribution in [-0.4, -0.2) is 52.8 Å². The second-order valence-electron chi connectivity index (χ2n) is 11.5. The molecule has 8 heteroatoms. The maximum absolute atomic E-state index is 13.6. The van der Waals surface area contributed by atoms with Gasteiger partial charge in [-0.25, -0.2) is 0 Å². The van der Waals surface area contributed by atoms with Gasteiger partial charge in [-0.2, -0.15) is 4.98 Å². The highest BCUT2D eigenvalue weighted by molar-refractivity contribution is 6.30. The summed E-state index contributed by atoms with van der Waals surface area (Å²) in [6.45, 7) is 11.7. The van der Waals surface area contributed by atoms with Crippen molar-refractivity contribution in [1.29, 1.82) is 0 Å². The average molecular weight is 539 g/mol. The highest BCUT2D eigenvalue weighted by atomic mass is 35.5. The lowest BCUT2D eigenvalue weighted by Crippen LogP contribution is -2.45. The zero-order chi connectivity index (χ0) is 27.3. The van der Waals surface area contributed by atoms with E-state index in [2.05, 4.69) is 38.0 Å². The Hall–Kier alpha value is -3.06. The van der Waals surface area contributed by atoms with E-state index in [9.17, 15) is 9.59 Å². The van der Waals surface area contributed by atoms with Gasteiger partial charge in [-0.3, -0.25) is 9.59 Å². The van der Waals surface area contributed by atoms with Crippen LogP contribution in [0.1, 0.15) is 69.3 Å². The van der Waals surface area contributed by atoms with Crippen LogP contribution in [0.25, 0.3) is 11.1 Å². The summed E-state index contributed by atoms with van der Waals surface area (Å²) < 4.78 is 5.84. The molecule has 204 valence electrons. The molecule has 4 rings (SSSR count). The molecule has 1 fully saturated rings. The van der Waals surface area contributed by atoms with Gasteiger partial charge in [0, 0.05) is 49.7 Å². The first-order valence-electron chi connectivity index (χ1n) is 13.6. The lowest BCUT2D eigenvalue weighted by atomic mass is 9.90. The summed E-state index contributed by atoms with van der Waals surface area (Å²) in [5.74, 6) is 0.483. The van der Waals surface area contributed by atoms with Crippen LogP contribution in [-0.2, 0) is 11.3 Å². The molecule has 2 aromatic carbocycles. The number of hydrogen-bond acceptors (Lipinski definition) is 5. The predicted octanol–water partition coefficient (Wildman–Crippen LogP) is 6.62. The van der Waals surface area contributed by atoms with Crippen LogP contribution < -0.4 is 5.32 Å². The molecule has 0 spiro atoms. The van der Waals surface area contributed by atoms with Gasteiger partial charge in [0.25, 0.3) is 11.9 Å². The van der Waals surface area contributed by atoms with Crippen molar-refractivity contribution in [3.05, 3.63) is 58.6 Å². The van der Waals surface area contributed by atoms with Crippen molar-refractivity contribution in [2.45, 2.75) is 59.9 Å². The first kappa shape index (κ1) is 28.0. The third kappa shape index (κ3) is 7.50. The van der Waals surface area contributed by atoms with Gasteiger partial charge in [-0.05, 0) is 66.5 Å². The number of benzene rings is 2. The van der Waals surface area contributed by atoms with E-state index in [-0.39, 0.29) is 23.1 Å². The summed E-state index contributed by atoms with van der Waals surface area (Å²) in [6, 6.07) is 13.4. The molecule has 0 bridgehead atoms. The third-order valence-corrected chi connectivity index (χ3v) is 7.01. The summed E-state index contributed by atoms with van der Waals surface area (Å²) in [7, 11) is 0. The zero-order valence-corrected chi connectivity index (χ0v) is 23.7. The molecule has 1 N–H and O–H groups in total. The summed E-state index contributed by atoms with van der Waals surface area (Å²) in [5.41, 5.74) is 2.85. The fourth-order valence-electron chi connectivity index (χ4n) is 5.01. The largest absolute Gasteiger partial charge is 0.424 e. The van der Waals surface area contributed by atoms with E-state index in [1.807, 2.05) is 34.1 Å². The molecule has 1 aromatic heterocycles. The summed E-state index contributed by atoms with van der Waals surface area (Å²) in [4.78, 5) is 34.8. The van der Waals surface area contributed by atoms with Crippen LogP contribution in [0.4, 0.5) is 6.01 Å². The number of likely N-dealkylation sites (tertiary alicyclic amines) is 1. The highest BCUT2D eigenvalue weighted by Crippen LogP contribution is 2.26.